The van der Waals surface area contributed by atoms with Crippen LogP contribution in [0.15, 0.2) is 0 Å². The van der Waals surface area contributed by atoms with E-state index in [4.69, 9.17) is 4.74 Å². The van der Waals surface area contributed by atoms with Crippen LogP contribution in [0.25, 0.3) is 0 Å². The van der Waals surface area contributed by atoms with E-state index in [1.165, 1.54) is 51.5 Å². The SMILES string of the molecule is C[C@@H](NC(=O)NC[C@H]1CCCN1C1CCCCC1)C1CCOCC1. The standard InChI is InChI=1S/C19H35N3O2/c1-15(16-9-12-24-13-10-16)21-19(23)20-14-18-8-5-11-22(18)17-6-3-2-4-7-17/h15-18H,2-14H2,1H3,(H2,20,21,23)/t15-,18-/m1/s1. The quantitative estimate of drug-likeness (QED) is 0.811. The van der Waals surface area contributed by atoms with E-state index in [0.717, 1.165) is 38.6 Å². The summed E-state index contributed by atoms with van der Waals surface area (Å²) in [5, 5.41) is 6.28. The van der Waals surface area contributed by atoms with Crippen molar-refractivity contribution in [2.75, 3.05) is 26.3 Å². The molecule has 0 spiro atoms. The fraction of sp³-hybridized carbons (Fsp3) is 0.947. The fourth-order valence-electron chi connectivity index (χ4n) is 4.77. The predicted molar refractivity (Wildman–Crippen MR) is 96.1 cm³/mol. The number of likely N-dealkylation sites (tertiary alicyclic amines) is 1. The Morgan fingerprint density at radius 2 is 1.83 bits per heavy atom. The monoisotopic (exact) mass is 337 g/mol. The Morgan fingerprint density at radius 3 is 2.58 bits per heavy atom. The smallest absolute Gasteiger partial charge is 0.315 e. The second kappa shape index (κ2) is 9.04. The van der Waals surface area contributed by atoms with Gasteiger partial charge in [-0.1, -0.05) is 19.3 Å². The summed E-state index contributed by atoms with van der Waals surface area (Å²) in [7, 11) is 0. The average Bonchev–Trinajstić information content (AvgIpc) is 3.10. The number of rotatable bonds is 5. The number of hydrogen-bond donors (Lipinski definition) is 2. The number of nitrogens with zero attached hydrogens (tertiary/aromatic N) is 1. The van der Waals surface area contributed by atoms with Crippen molar-refractivity contribution in [1.29, 1.82) is 0 Å². The number of amides is 2. The highest BCUT2D eigenvalue weighted by molar-refractivity contribution is 5.74. The molecule has 0 aromatic carbocycles. The van der Waals surface area contributed by atoms with E-state index < -0.39 is 0 Å². The highest BCUT2D eigenvalue weighted by atomic mass is 16.5. The summed E-state index contributed by atoms with van der Waals surface area (Å²) in [5.41, 5.74) is 0. The van der Waals surface area contributed by atoms with Gasteiger partial charge >= 0.3 is 6.03 Å². The summed E-state index contributed by atoms with van der Waals surface area (Å²) in [6, 6.07) is 1.53. The molecule has 1 aliphatic carbocycles. The molecule has 5 nitrogen and oxygen atoms in total. The van der Waals surface area contributed by atoms with E-state index in [1.807, 2.05) is 0 Å². The van der Waals surface area contributed by atoms with Gasteiger partial charge in [0.2, 0.25) is 0 Å². The van der Waals surface area contributed by atoms with Gasteiger partial charge in [0.15, 0.2) is 0 Å². The maximum absolute atomic E-state index is 12.3. The molecule has 3 aliphatic rings. The minimum absolute atomic E-state index is 0.00415. The number of carbonyl (C=O) groups excluding carboxylic acids is 1. The van der Waals surface area contributed by atoms with Gasteiger partial charge in [-0.15, -0.1) is 0 Å². The van der Waals surface area contributed by atoms with Crippen molar-refractivity contribution >= 4 is 6.03 Å². The van der Waals surface area contributed by atoms with Gasteiger partial charge in [-0.3, -0.25) is 4.90 Å². The molecule has 2 atom stereocenters. The van der Waals surface area contributed by atoms with Crippen molar-refractivity contribution in [2.24, 2.45) is 5.92 Å². The zero-order valence-corrected chi connectivity index (χ0v) is 15.3. The van der Waals surface area contributed by atoms with Crippen molar-refractivity contribution in [2.45, 2.75) is 82.8 Å². The minimum Gasteiger partial charge on any atom is -0.381 e. The van der Waals surface area contributed by atoms with Gasteiger partial charge in [0.25, 0.3) is 0 Å². The van der Waals surface area contributed by atoms with Crippen molar-refractivity contribution < 1.29 is 9.53 Å². The molecule has 0 bridgehead atoms. The fourth-order valence-corrected chi connectivity index (χ4v) is 4.77. The van der Waals surface area contributed by atoms with E-state index in [2.05, 4.69) is 22.5 Å². The second-order valence-corrected chi connectivity index (χ2v) is 7.92. The van der Waals surface area contributed by atoms with Gasteiger partial charge in [0.1, 0.15) is 0 Å². The first-order valence-electron chi connectivity index (χ1n) is 10.1. The second-order valence-electron chi connectivity index (χ2n) is 7.92. The molecular formula is C19H35N3O2. The number of ether oxygens (including phenoxy) is 1. The molecule has 2 N–H and O–H groups in total. The molecule has 2 amide bonds. The number of urea groups is 1. The molecule has 2 heterocycles. The van der Waals surface area contributed by atoms with Gasteiger partial charge in [-0.25, -0.2) is 4.79 Å². The molecule has 1 saturated carbocycles. The molecule has 5 heteroatoms. The van der Waals surface area contributed by atoms with Crippen LogP contribution < -0.4 is 10.6 Å². The van der Waals surface area contributed by atoms with Crippen LogP contribution in [-0.2, 0) is 4.74 Å². The Balaban J connectivity index is 1.39. The normalized spacial score (nSPS) is 28.6. The van der Waals surface area contributed by atoms with Crippen LogP contribution in [-0.4, -0.2) is 55.4 Å². The Hall–Kier alpha value is -0.810. The average molecular weight is 338 g/mol. The van der Waals surface area contributed by atoms with Gasteiger partial charge in [0, 0.05) is 37.9 Å². The molecule has 3 fully saturated rings. The summed E-state index contributed by atoms with van der Waals surface area (Å²) in [6.45, 7) is 5.80. The first-order valence-corrected chi connectivity index (χ1v) is 10.1. The lowest BCUT2D eigenvalue weighted by Gasteiger charge is -2.35. The number of hydrogen-bond acceptors (Lipinski definition) is 3. The zero-order chi connectivity index (χ0) is 16.8. The molecule has 0 radical (unpaired) electrons. The van der Waals surface area contributed by atoms with Gasteiger partial charge in [-0.2, -0.15) is 0 Å². The van der Waals surface area contributed by atoms with E-state index >= 15 is 0 Å². The third-order valence-corrected chi connectivity index (χ3v) is 6.30. The van der Waals surface area contributed by atoms with Gasteiger partial charge in [-0.05, 0) is 57.9 Å². The van der Waals surface area contributed by atoms with Gasteiger partial charge in [0.05, 0.1) is 0 Å². The molecule has 2 saturated heterocycles. The lowest BCUT2D eigenvalue weighted by Crippen LogP contribution is -2.50. The van der Waals surface area contributed by atoms with Crippen molar-refractivity contribution in [3.8, 4) is 0 Å². The topological polar surface area (TPSA) is 53.6 Å². The Morgan fingerprint density at radius 1 is 1.08 bits per heavy atom. The lowest BCUT2D eigenvalue weighted by atomic mass is 9.93. The first-order chi connectivity index (χ1) is 11.7. The van der Waals surface area contributed by atoms with Crippen LogP contribution in [0.3, 0.4) is 0 Å². The van der Waals surface area contributed by atoms with Crippen LogP contribution >= 0.6 is 0 Å². The van der Waals surface area contributed by atoms with E-state index in [1.54, 1.807) is 0 Å². The third kappa shape index (κ3) is 4.85. The first kappa shape index (κ1) is 18.0. The van der Waals surface area contributed by atoms with Crippen molar-refractivity contribution in [1.82, 2.24) is 15.5 Å². The molecule has 2 aliphatic heterocycles. The molecule has 3 rings (SSSR count). The van der Waals surface area contributed by atoms with Crippen LogP contribution in [0.2, 0.25) is 0 Å². The van der Waals surface area contributed by atoms with E-state index in [0.29, 0.717) is 12.0 Å². The Kier molecular flexibility index (Phi) is 6.78. The largest absolute Gasteiger partial charge is 0.381 e. The van der Waals surface area contributed by atoms with E-state index in [-0.39, 0.29) is 12.1 Å². The number of carbonyl (C=O) groups is 1. The Bertz CT molecular complexity index is 392. The van der Waals surface area contributed by atoms with Crippen LogP contribution in [0.5, 0.6) is 0 Å². The minimum atomic E-state index is 0.00415. The highest BCUT2D eigenvalue weighted by Crippen LogP contribution is 2.28. The summed E-state index contributed by atoms with van der Waals surface area (Å²) in [4.78, 5) is 14.9. The zero-order valence-electron chi connectivity index (χ0n) is 15.3. The van der Waals surface area contributed by atoms with Gasteiger partial charge < -0.3 is 15.4 Å². The Labute approximate surface area is 146 Å². The molecule has 138 valence electrons. The number of nitrogens with one attached hydrogen (secondary N) is 2. The maximum Gasteiger partial charge on any atom is 0.315 e. The van der Waals surface area contributed by atoms with Crippen molar-refractivity contribution in [3.63, 3.8) is 0 Å². The molecular weight excluding hydrogens is 302 g/mol. The lowest BCUT2D eigenvalue weighted by molar-refractivity contribution is 0.0570. The molecule has 24 heavy (non-hydrogen) atoms. The van der Waals surface area contributed by atoms with Crippen LogP contribution in [0.4, 0.5) is 4.79 Å². The van der Waals surface area contributed by atoms with Crippen LogP contribution in [0, 0.1) is 5.92 Å². The third-order valence-electron chi connectivity index (χ3n) is 6.30. The molecule has 0 aromatic rings. The predicted octanol–water partition coefficient (Wildman–Crippen LogP) is 2.90. The summed E-state index contributed by atoms with van der Waals surface area (Å²) in [5.74, 6) is 0.551. The molecule has 0 aromatic heterocycles. The summed E-state index contributed by atoms with van der Waals surface area (Å²) in [6.07, 6.45) is 11.5. The summed E-state index contributed by atoms with van der Waals surface area (Å²) < 4.78 is 5.41. The maximum atomic E-state index is 12.3. The van der Waals surface area contributed by atoms with Crippen LogP contribution in [0.1, 0.15) is 64.7 Å². The highest BCUT2D eigenvalue weighted by Gasteiger charge is 2.31. The van der Waals surface area contributed by atoms with Crippen molar-refractivity contribution in [3.05, 3.63) is 0 Å². The summed E-state index contributed by atoms with van der Waals surface area (Å²) >= 11 is 0. The van der Waals surface area contributed by atoms with E-state index in [9.17, 15) is 4.79 Å². The molecule has 0 unspecified atom stereocenters.